The Kier molecular flexibility index (Phi) is 5.34. The molecule has 0 amide bonds. The van der Waals surface area contributed by atoms with Crippen molar-refractivity contribution < 1.29 is 32.5 Å². The third-order valence-electron chi connectivity index (χ3n) is 7.25. The molecule has 1 atom stereocenters. The van der Waals surface area contributed by atoms with Crippen LogP contribution < -0.4 is 20.3 Å². The summed E-state index contributed by atoms with van der Waals surface area (Å²) in [6.07, 6.45) is 1.24. The number of esters is 1. The fraction of sp³-hybridized carbons (Fsp3) is 0.400. The predicted octanol–water partition coefficient (Wildman–Crippen LogP) is 0.942. The van der Waals surface area contributed by atoms with Crippen LogP contribution in [-0.2, 0) is 44.7 Å². The van der Waals surface area contributed by atoms with Crippen LogP contribution in [0.5, 0.6) is 11.5 Å². The van der Waals surface area contributed by atoms with Gasteiger partial charge in [-0.3, -0.25) is 4.79 Å². The number of aromatic nitrogens is 2. The van der Waals surface area contributed by atoms with Crippen LogP contribution in [0.25, 0.3) is 22.3 Å². The Morgan fingerprint density at radius 2 is 1.89 bits per heavy atom. The number of nitrogens with one attached hydrogen (secondary N) is 1. The Morgan fingerprint density at radius 1 is 1.14 bits per heavy atom. The summed E-state index contributed by atoms with van der Waals surface area (Å²) in [5, 5.41) is 15.1. The second kappa shape index (κ2) is 8.27. The maximum atomic E-state index is 13.5. The number of carbonyl (C=O) groups is 1. The summed E-state index contributed by atoms with van der Waals surface area (Å²) in [5.74, 6) is 0.346. The summed E-state index contributed by atoms with van der Waals surface area (Å²) >= 11 is 0. The molecule has 3 aliphatic heterocycles. The minimum absolute atomic E-state index is 0.0133. The number of fused-ring (bicyclic) bond motifs is 6. The zero-order chi connectivity index (χ0) is 26.1. The fourth-order valence-electron chi connectivity index (χ4n) is 5.22. The molecule has 2 aromatic heterocycles. The summed E-state index contributed by atoms with van der Waals surface area (Å²) < 4.78 is 41.0. The quantitative estimate of drug-likeness (QED) is 0.274. The molecule has 0 fully saturated rings. The van der Waals surface area contributed by atoms with E-state index in [0.29, 0.717) is 34.9 Å². The van der Waals surface area contributed by atoms with Crippen molar-refractivity contribution in [3.63, 3.8) is 0 Å². The van der Waals surface area contributed by atoms with E-state index in [1.54, 1.807) is 23.6 Å². The van der Waals surface area contributed by atoms with Crippen molar-refractivity contribution in [1.82, 2.24) is 14.9 Å². The maximum absolute atomic E-state index is 13.5. The molecule has 2 N–H and O–H groups in total. The highest BCUT2D eigenvalue weighted by Crippen LogP contribution is 2.43. The number of aliphatic hydroxyl groups is 1. The van der Waals surface area contributed by atoms with Crippen molar-refractivity contribution in [3.05, 3.63) is 50.8 Å². The zero-order valence-electron chi connectivity index (χ0n) is 20.3. The van der Waals surface area contributed by atoms with Crippen LogP contribution in [0.15, 0.2) is 23.0 Å². The highest BCUT2D eigenvalue weighted by atomic mass is 32.2. The van der Waals surface area contributed by atoms with Gasteiger partial charge < -0.3 is 29.2 Å². The van der Waals surface area contributed by atoms with Crippen molar-refractivity contribution in [1.29, 1.82) is 0 Å². The first-order chi connectivity index (χ1) is 17.6. The lowest BCUT2D eigenvalue weighted by Gasteiger charge is -2.31. The lowest BCUT2D eigenvalue weighted by molar-refractivity contribution is -0.172. The molecule has 3 aromatic rings. The molecule has 0 bridgehead atoms. The van der Waals surface area contributed by atoms with Gasteiger partial charge in [0.05, 0.1) is 34.8 Å². The van der Waals surface area contributed by atoms with Gasteiger partial charge in [-0.1, -0.05) is 6.92 Å². The minimum atomic E-state index is -3.14. The van der Waals surface area contributed by atoms with Crippen molar-refractivity contribution in [3.8, 4) is 22.9 Å². The molecule has 194 valence electrons. The summed E-state index contributed by atoms with van der Waals surface area (Å²) in [6, 6.07) is 5.29. The number of hydrogen-bond acceptors (Lipinski definition) is 10. The highest BCUT2D eigenvalue weighted by Gasteiger charge is 2.45. The Labute approximate surface area is 211 Å². The molecule has 11 nitrogen and oxygen atoms in total. The average Bonchev–Trinajstić information content (AvgIpc) is 3.46. The zero-order valence-corrected chi connectivity index (χ0v) is 21.1. The van der Waals surface area contributed by atoms with Crippen LogP contribution in [0, 0.1) is 0 Å². The van der Waals surface area contributed by atoms with Gasteiger partial charge >= 0.3 is 5.97 Å². The number of rotatable bonds is 6. The van der Waals surface area contributed by atoms with Crippen LogP contribution in [0.4, 0.5) is 0 Å². The Balaban J connectivity index is 1.53. The van der Waals surface area contributed by atoms with E-state index in [4.69, 9.17) is 19.2 Å². The number of cyclic esters (lactones) is 1. The molecule has 0 unspecified atom stereocenters. The highest BCUT2D eigenvalue weighted by molar-refractivity contribution is 7.90. The second-order valence-corrected chi connectivity index (χ2v) is 11.8. The minimum Gasteiger partial charge on any atom is -0.458 e. The lowest BCUT2D eigenvalue weighted by atomic mass is 9.86. The fourth-order valence-corrected chi connectivity index (χ4v) is 5.74. The Hall–Kier alpha value is -3.48. The largest absolute Gasteiger partial charge is 0.458 e. The summed E-state index contributed by atoms with van der Waals surface area (Å²) in [5.41, 5.74) is 1.56. The number of hydrogen-bond donors (Lipinski definition) is 2. The molecular formula is C25H25N3O8S. The molecule has 6 rings (SSSR count). The smallest absolute Gasteiger partial charge is 0.343 e. The molecule has 0 saturated heterocycles. The maximum Gasteiger partial charge on any atom is 0.343 e. The van der Waals surface area contributed by atoms with E-state index in [1.807, 2.05) is 6.07 Å². The van der Waals surface area contributed by atoms with Gasteiger partial charge in [-0.15, -0.1) is 0 Å². The van der Waals surface area contributed by atoms with Gasteiger partial charge in [0.25, 0.3) is 5.56 Å². The van der Waals surface area contributed by atoms with E-state index in [-0.39, 0.29) is 55.3 Å². The number of benzene rings is 1. The van der Waals surface area contributed by atoms with E-state index >= 15 is 0 Å². The molecule has 0 aliphatic carbocycles. The summed E-state index contributed by atoms with van der Waals surface area (Å²) in [4.78, 5) is 30.9. The number of sulfone groups is 1. The average molecular weight is 528 g/mol. The van der Waals surface area contributed by atoms with E-state index in [0.717, 1.165) is 16.5 Å². The summed E-state index contributed by atoms with van der Waals surface area (Å²) in [6.45, 7) is 2.37. The number of carbonyl (C=O) groups excluding carboxylic acids is 1. The molecule has 5 heterocycles. The topological polar surface area (TPSA) is 146 Å². The van der Waals surface area contributed by atoms with Crippen molar-refractivity contribution in [2.24, 2.45) is 0 Å². The van der Waals surface area contributed by atoms with Gasteiger partial charge in [-0.05, 0) is 24.1 Å². The van der Waals surface area contributed by atoms with Gasteiger partial charge in [0.1, 0.15) is 16.4 Å². The van der Waals surface area contributed by atoms with Gasteiger partial charge in [0.2, 0.25) is 6.79 Å². The third-order valence-corrected chi connectivity index (χ3v) is 8.20. The van der Waals surface area contributed by atoms with E-state index in [2.05, 4.69) is 5.32 Å². The Bertz CT molecular complexity index is 1660. The van der Waals surface area contributed by atoms with E-state index < -0.39 is 21.4 Å². The second-order valence-electron chi connectivity index (χ2n) is 9.55. The molecule has 0 radical (unpaired) electrons. The number of pyridine rings is 2. The van der Waals surface area contributed by atoms with Gasteiger partial charge in [0, 0.05) is 41.9 Å². The molecule has 0 saturated carbocycles. The monoisotopic (exact) mass is 527 g/mol. The first-order valence-electron chi connectivity index (χ1n) is 11.9. The van der Waals surface area contributed by atoms with Crippen LogP contribution in [-0.4, -0.2) is 54.4 Å². The molecule has 0 spiro atoms. The van der Waals surface area contributed by atoms with Gasteiger partial charge in [-0.2, -0.15) is 0 Å². The van der Waals surface area contributed by atoms with Crippen LogP contribution in [0.2, 0.25) is 0 Å². The molecule has 12 heteroatoms. The van der Waals surface area contributed by atoms with Gasteiger partial charge in [-0.25, -0.2) is 18.2 Å². The molecule has 3 aliphatic rings. The lowest BCUT2D eigenvalue weighted by Crippen LogP contribution is -2.44. The normalized spacial score (nSPS) is 19.5. The van der Waals surface area contributed by atoms with E-state index in [9.17, 15) is 23.1 Å². The number of nitrogens with zero attached hydrogens (tertiary/aromatic N) is 2. The van der Waals surface area contributed by atoms with E-state index in [1.165, 1.54) is 6.26 Å². The summed E-state index contributed by atoms with van der Waals surface area (Å²) in [7, 11) is -3.14. The standard InChI is InChI=1S/C25H25N3O8S/c1-3-25(31)17-7-19-22-15(10-28(19)23(29)16(17)11-34-24(25)30)14(9-26-4-5-37(2,32)33)13-6-20-21(36-12-35-20)8-18(13)27-22/h6-8,26,31H,3-5,9-12H2,1-2H3/t25-/m0/s1. The molecule has 1 aromatic carbocycles. The van der Waals surface area contributed by atoms with Crippen molar-refractivity contribution in [2.75, 3.05) is 25.3 Å². The first-order valence-corrected chi connectivity index (χ1v) is 14.0. The SMILES string of the molecule is CC[C@@]1(O)C(=O)OCc2c1cc1n(c2=O)Cc2c-1nc1cc3c(cc1c2CNCCS(C)(=O)=O)OCO3. The Morgan fingerprint density at radius 3 is 2.62 bits per heavy atom. The van der Waals surface area contributed by atoms with Crippen molar-refractivity contribution >= 4 is 26.7 Å². The predicted molar refractivity (Wildman–Crippen MR) is 132 cm³/mol. The number of ether oxygens (including phenoxy) is 3. The first kappa shape index (κ1) is 23.9. The van der Waals surface area contributed by atoms with Crippen LogP contribution >= 0.6 is 0 Å². The van der Waals surface area contributed by atoms with Crippen LogP contribution in [0.3, 0.4) is 0 Å². The van der Waals surface area contributed by atoms with Crippen LogP contribution in [0.1, 0.15) is 35.6 Å². The molecular weight excluding hydrogens is 502 g/mol. The van der Waals surface area contributed by atoms with Gasteiger partial charge in [0.15, 0.2) is 17.1 Å². The molecule has 37 heavy (non-hydrogen) atoms. The van der Waals surface area contributed by atoms with Crippen molar-refractivity contribution in [2.45, 2.75) is 38.6 Å². The third kappa shape index (κ3) is 3.70.